The molecule has 2 amide bonds. The first-order valence-electron chi connectivity index (χ1n) is 12.6. The highest BCUT2D eigenvalue weighted by Gasteiger charge is 2.50. The molecule has 1 aliphatic carbocycles. The van der Waals surface area contributed by atoms with Gasteiger partial charge in [0.05, 0.1) is 12.2 Å². The summed E-state index contributed by atoms with van der Waals surface area (Å²) in [4.78, 5) is 30.1. The number of rotatable bonds is 5. The number of fused-ring (bicyclic) bond motifs is 1. The van der Waals surface area contributed by atoms with Crippen LogP contribution in [0.15, 0.2) is 16.2 Å². The van der Waals surface area contributed by atoms with E-state index in [2.05, 4.69) is 20.7 Å². The number of anilines is 1. The van der Waals surface area contributed by atoms with Crippen molar-refractivity contribution in [3.8, 4) is 0 Å². The van der Waals surface area contributed by atoms with Crippen molar-refractivity contribution in [1.29, 1.82) is 0 Å². The molecular formula is C24H24ClF9N6O2. The number of amides is 2. The van der Waals surface area contributed by atoms with Crippen molar-refractivity contribution in [2.75, 3.05) is 31.5 Å². The molecule has 0 aromatic carbocycles. The second-order valence-electron chi connectivity index (χ2n) is 10.2. The van der Waals surface area contributed by atoms with Crippen molar-refractivity contribution in [2.45, 2.75) is 56.8 Å². The molecule has 2 N–H and O–H groups in total. The second-order valence-corrected chi connectivity index (χ2v) is 10.7. The fraction of sp³-hybridized carbons (Fsp3) is 0.583. The number of likely N-dealkylation sites (tertiary alicyclic amines) is 1. The van der Waals surface area contributed by atoms with Crippen LogP contribution in [0.1, 0.15) is 36.7 Å². The van der Waals surface area contributed by atoms with Gasteiger partial charge in [0.25, 0.3) is 0 Å². The molecule has 2 aliphatic heterocycles. The summed E-state index contributed by atoms with van der Waals surface area (Å²) in [5, 5.41) is 8.78. The molecular weight excluding hydrogens is 611 g/mol. The number of hydrogen-bond donors (Lipinski definition) is 2. The Morgan fingerprint density at radius 2 is 1.67 bits per heavy atom. The standard InChI is InChI=1S/C24H24ClF9N6O2/c1-11(41)39-7-13(35-18-6-19(23(29,30)31)37-17-3-2-12(25)4-15(17)18)5-14(8-39)36-21(42)16-9-40(10-22(26,27)28)38-20(16)24(32,33)34/h4,6,13-14,16H,2-3,5,7-10H2,1H3,(H,35,37)(H,36,42)/t13-,14+,16?/m1/s1. The molecule has 0 spiro atoms. The number of hydrogen-bond acceptors (Lipinski definition) is 6. The lowest BCUT2D eigenvalue weighted by Gasteiger charge is -2.39. The van der Waals surface area contributed by atoms with Crippen LogP contribution in [-0.4, -0.2) is 83.0 Å². The van der Waals surface area contributed by atoms with E-state index in [4.69, 9.17) is 11.6 Å². The maximum absolute atomic E-state index is 13.6. The number of aromatic nitrogens is 1. The van der Waals surface area contributed by atoms with Gasteiger partial charge in [-0.3, -0.25) is 14.6 Å². The Morgan fingerprint density at radius 1 is 1.00 bits per heavy atom. The quantitative estimate of drug-likeness (QED) is 0.464. The van der Waals surface area contributed by atoms with Crippen LogP contribution in [0.2, 0.25) is 0 Å². The van der Waals surface area contributed by atoms with Gasteiger partial charge in [0.15, 0.2) is 5.71 Å². The van der Waals surface area contributed by atoms with Crippen LogP contribution in [0.25, 0.3) is 6.08 Å². The van der Waals surface area contributed by atoms with E-state index in [-0.39, 0.29) is 48.7 Å². The number of carbonyl (C=O) groups is 2. The molecule has 0 radical (unpaired) electrons. The predicted molar refractivity (Wildman–Crippen MR) is 132 cm³/mol. The number of carbonyl (C=O) groups excluding carboxylic acids is 2. The number of aryl methyl sites for hydroxylation is 1. The SMILES string of the molecule is CC(=O)N1C[C@@H](NC(=O)C2CN(CC(F)(F)F)N=C2C(F)(F)F)C[C@@H](Nc2cc(C(F)(F)F)nc3c2C=C(Cl)CC3)C1. The highest BCUT2D eigenvalue weighted by molar-refractivity contribution is 6.31. The Balaban J connectivity index is 1.56. The van der Waals surface area contributed by atoms with E-state index in [1.165, 1.54) is 17.9 Å². The van der Waals surface area contributed by atoms with E-state index in [1.54, 1.807) is 0 Å². The Morgan fingerprint density at radius 3 is 2.26 bits per heavy atom. The molecule has 1 saturated heterocycles. The molecule has 3 atom stereocenters. The number of piperidine rings is 1. The van der Waals surface area contributed by atoms with Crippen LogP contribution in [-0.2, 0) is 22.2 Å². The Kier molecular flexibility index (Phi) is 8.64. The van der Waals surface area contributed by atoms with E-state index in [1.807, 2.05) is 0 Å². The number of halogens is 10. The van der Waals surface area contributed by atoms with Gasteiger partial charge in [0.2, 0.25) is 11.8 Å². The molecule has 1 unspecified atom stereocenters. The summed E-state index contributed by atoms with van der Waals surface area (Å²) in [6, 6.07) is -0.987. The average molecular weight is 635 g/mol. The molecule has 1 aromatic heterocycles. The predicted octanol–water partition coefficient (Wildman–Crippen LogP) is 4.56. The first-order chi connectivity index (χ1) is 19.3. The smallest absolute Gasteiger partial charge is 0.380 e. The van der Waals surface area contributed by atoms with Crippen molar-refractivity contribution < 1.29 is 49.1 Å². The van der Waals surface area contributed by atoms with E-state index in [0.29, 0.717) is 10.6 Å². The fourth-order valence-electron chi connectivity index (χ4n) is 5.11. The number of alkyl halides is 9. The fourth-order valence-corrected chi connectivity index (χ4v) is 5.31. The minimum atomic E-state index is -5.18. The lowest BCUT2D eigenvalue weighted by molar-refractivity contribution is -0.146. The summed E-state index contributed by atoms with van der Waals surface area (Å²) in [6.07, 6.45) is -13.0. The summed E-state index contributed by atoms with van der Waals surface area (Å²) in [6.45, 7) is -1.74. The van der Waals surface area contributed by atoms with Crippen LogP contribution in [0.5, 0.6) is 0 Å². The zero-order valence-corrected chi connectivity index (χ0v) is 22.5. The summed E-state index contributed by atoms with van der Waals surface area (Å²) < 4.78 is 120. The number of nitrogens with zero attached hydrogens (tertiary/aromatic N) is 4. The molecule has 3 aliphatic rings. The van der Waals surface area contributed by atoms with E-state index in [9.17, 15) is 49.1 Å². The molecule has 1 aromatic rings. The van der Waals surface area contributed by atoms with Crippen LogP contribution >= 0.6 is 11.6 Å². The van der Waals surface area contributed by atoms with Crippen molar-refractivity contribution in [2.24, 2.45) is 11.0 Å². The van der Waals surface area contributed by atoms with Gasteiger partial charge in [0.1, 0.15) is 18.2 Å². The normalized spacial score (nSPS) is 23.3. The first-order valence-corrected chi connectivity index (χ1v) is 12.9. The highest BCUT2D eigenvalue weighted by Crippen LogP contribution is 2.37. The van der Waals surface area contributed by atoms with Crippen LogP contribution in [0, 0.1) is 5.92 Å². The lowest BCUT2D eigenvalue weighted by atomic mass is 9.96. The lowest BCUT2D eigenvalue weighted by Crippen LogP contribution is -2.57. The minimum absolute atomic E-state index is 0.00994. The van der Waals surface area contributed by atoms with Gasteiger partial charge < -0.3 is 15.5 Å². The summed E-state index contributed by atoms with van der Waals surface area (Å²) in [5.41, 5.74) is -2.39. The minimum Gasteiger partial charge on any atom is -0.380 e. The van der Waals surface area contributed by atoms with Crippen molar-refractivity contribution >= 4 is 40.9 Å². The van der Waals surface area contributed by atoms with Gasteiger partial charge in [-0.25, -0.2) is 4.98 Å². The van der Waals surface area contributed by atoms with Gasteiger partial charge >= 0.3 is 18.5 Å². The summed E-state index contributed by atoms with van der Waals surface area (Å²) in [5.74, 6) is -3.80. The third-order valence-electron chi connectivity index (χ3n) is 6.87. The van der Waals surface area contributed by atoms with Gasteiger partial charge in [-0.05, 0) is 31.4 Å². The van der Waals surface area contributed by atoms with E-state index in [0.717, 1.165) is 6.07 Å². The average Bonchev–Trinajstić information content (AvgIpc) is 3.26. The topological polar surface area (TPSA) is 89.9 Å². The van der Waals surface area contributed by atoms with Crippen LogP contribution < -0.4 is 10.6 Å². The monoisotopic (exact) mass is 634 g/mol. The third kappa shape index (κ3) is 7.58. The number of hydrazone groups is 1. The molecule has 8 nitrogen and oxygen atoms in total. The first kappa shape index (κ1) is 31.7. The molecule has 4 rings (SSSR count). The van der Waals surface area contributed by atoms with E-state index < -0.39 is 72.8 Å². The maximum Gasteiger partial charge on any atom is 0.433 e. The molecule has 18 heteroatoms. The molecule has 3 heterocycles. The van der Waals surface area contributed by atoms with Crippen LogP contribution in [0.3, 0.4) is 0 Å². The van der Waals surface area contributed by atoms with Gasteiger partial charge in [0, 0.05) is 48.4 Å². The highest BCUT2D eigenvalue weighted by atomic mass is 35.5. The second kappa shape index (κ2) is 11.4. The van der Waals surface area contributed by atoms with Gasteiger partial charge in [-0.15, -0.1) is 0 Å². The van der Waals surface area contributed by atoms with E-state index >= 15 is 0 Å². The van der Waals surface area contributed by atoms with Gasteiger partial charge in [-0.2, -0.15) is 44.6 Å². The number of allylic oxidation sites excluding steroid dienone is 1. The van der Waals surface area contributed by atoms with Crippen molar-refractivity contribution in [3.05, 3.63) is 28.0 Å². The molecule has 232 valence electrons. The van der Waals surface area contributed by atoms with Crippen LogP contribution in [0.4, 0.5) is 45.2 Å². The third-order valence-corrected chi connectivity index (χ3v) is 7.17. The van der Waals surface area contributed by atoms with Crippen molar-refractivity contribution in [3.63, 3.8) is 0 Å². The largest absolute Gasteiger partial charge is 0.433 e. The molecule has 0 saturated carbocycles. The Hall–Kier alpha value is -3.24. The molecule has 0 bridgehead atoms. The zero-order valence-electron chi connectivity index (χ0n) is 21.7. The zero-order chi connectivity index (χ0) is 31.2. The summed E-state index contributed by atoms with van der Waals surface area (Å²) in [7, 11) is 0. The maximum atomic E-state index is 13.6. The Labute approximate surface area is 237 Å². The number of pyridine rings is 1. The Bertz CT molecular complexity index is 1290. The van der Waals surface area contributed by atoms with Gasteiger partial charge in [-0.1, -0.05) is 11.6 Å². The van der Waals surface area contributed by atoms with Crippen molar-refractivity contribution in [1.82, 2.24) is 20.2 Å². The molecule has 42 heavy (non-hydrogen) atoms. The molecule has 1 fully saturated rings. The summed E-state index contributed by atoms with van der Waals surface area (Å²) >= 11 is 6.11. The number of nitrogens with one attached hydrogen (secondary N) is 2.